The van der Waals surface area contributed by atoms with E-state index in [1.165, 1.54) is 0 Å². The van der Waals surface area contributed by atoms with Crippen LogP contribution < -0.4 is 0 Å². The molecular formula is C49H31N3O. The lowest BCUT2D eigenvalue weighted by Crippen LogP contribution is -2.00. The third-order valence-electron chi connectivity index (χ3n) is 9.91. The maximum absolute atomic E-state index is 6.41. The van der Waals surface area contributed by atoms with Gasteiger partial charge in [0.2, 0.25) is 0 Å². The molecular weight excluding hydrogens is 647 g/mol. The third-order valence-corrected chi connectivity index (χ3v) is 9.91. The Morgan fingerprint density at radius 1 is 0.283 bits per heavy atom. The van der Waals surface area contributed by atoms with Crippen LogP contribution in [0.15, 0.2) is 192 Å². The zero-order valence-corrected chi connectivity index (χ0v) is 28.6. The molecule has 10 rings (SSSR count). The predicted molar refractivity (Wildman–Crippen MR) is 217 cm³/mol. The molecule has 10 aromatic rings. The zero-order chi connectivity index (χ0) is 35.1. The Kier molecular flexibility index (Phi) is 7.43. The van der Waals surface area contributed by atoms with Gasteiger partial charge in [0.15, 0.2) is 17.5 Å². The predicted octanol–water partition coefficient (Wildman–Crippen LogP) is 12.9. The summed E-state index contributed by atoms with van der Waals surface area (Å²) in [4.78, 5) is 15.4. The van der Waals surface area contributed by atoms with Crippen molar-refractivity contribution in [2.45, 2.75) is 0 Å². The highest BCUT2D eigenvalue weighted by molar-refractivity contribution is 6.17. The lowest BCUT2D eigenvalue weighted by Gasteiger charge is -2.13. The second-order valence-corrected chi connectivity index (χ2v) is 13.2. The topological polar surface area (TPSA) is 51.8 Å². The molecule has 0 aliphatic rings. The Bertz CT molecular complexity index is 2880. The standard InChI is InChI=1S/C49H31N3O/c1-4-14-32(15-5-1)37-29-38(33-16-6-2-7-17-33)31-39(30-37)49-51-47(34-18-8-3-9-19-34)50-48(52-49)36-21-12-20-35(28-36)40-23-13-24-43-41(40)26-27-44-42-22-10-11-25-45(42)53-46(43)44/h1-31H. The molecule has 0 bridgehead atoms. The Morgan fingerprint density at radius 2 is 0.736 bits per heavy atom. The highest BCUT2D eigenvalue weighted by Gasteiger charge is 2.17. The summed E-state index contributed by atoms with van der Waals surface area (Å²) in [7, 11) is 0. The molecule has 0 saturated carbocycles. The van der Waals surface area contributed by atoms with Crippen molar-refractivity contribution < 1.29 is 4.42 Å². The first-order valence-electron chi connectivity index (χ1n) is 17.8. The molecule has 0 fully saturated rings. The molecule has 0 aliphatic carbocycles. The van der Waals surface area contributed by atoms with Crippen LogP contribution in [0.5, 0.6) is 0 Å². The second kappa shape index (κ2) is 12.9. The van der Waals surface area contributed by atoms with Crippen LogP contribution in [0.4, 0.5) is 0 Å². The van der Waals surface area contributed by atoms with E-state index in [2.05, 4.69) is 133 Å². The van der Waals surface area contributed by atoms with Gasteiger partial charge in [0.1, 0.15) is 11.2 Å². The molecule has 8 aromatic carbocycles. The van der Waals surface area contributed by atoms with Crippen LogP contribution in [0.2, 0.25) is 0 Å². The van der Waals surface area contributed by atoms with E-state index in [4.69, 9.17) is 19.4 Å². The highest BCUT2D eigenvalue weighted by atomic mass is 16.3. The lowest BCUT2D eigenvalue weighted by atomic mass is 9.95. The molecule has 53 heavy (non-hydrogen) atoms. The molecule has 0 unspecified atom stereocenters. The monoisotopic (exact) mass is 677 g/mol. The van der Waals surface area contributed by atoms with Crippen LogP contribution in [-0.4, -0.2) is 15.0 Å². The minimum atomic E-state index is 0.613. The maximum atomic E-state index is 6.41. The second-order valence-electron chi connectivity index (χ2n) is 13.2. The minimum Gasteiger partial charge on any atom is -0.455 e. The van der Waals surface area contributed by atoms with E-state index in [9.17, 15) is 0 Å². The van der Waals surface area contributed by atoms with Crippen LogP contribution in [0.3, 0.4) is 0 Å². The summed E-state index contributed by atoms with van der Waals surface area (Å²) in [5.41, 5.74) is 11.2. The number of fused-ring (bicyclic) bond motifs is 5. The summed E-state index contributed by atoms with van der Waals surface area (Å²) >= 11 is 0. The minimum absolute atomic E-state index is 0.613. The first-order valence-corrected chi connectivity index (χ1v) is 17.8. The number of aromatic nitrogens is 3. The summed E-state index contributed by atoms with van der Waals surface area (Å²) in [5.74, 6) is 1.86. The van der Waals surface area contributed by atoms with Crippen molar-refractivity contribution in [2.75, 3.05) is 0 Å². The van der Waals surface area contributed by atoms with Gasteiger partial charge in [-0.2, -0.15) is 0 Å². The van der Waals surface area contributed by atoms with Gasteiger partial charge < -0.3 is 4.42 Å². The maximum Gasteiger partial charge on any atom is 0.164 e. The van der Waals surface area contributed by atoms with E-state index in [-0.39, 0.29) is 0 Å². The summed E-state index contributed by atoms with van der Waals surface area (Å²) in [6.07, 6.45) is 0. The first kappa shape index (κ1) is 30.6. The SMILES string of the molecule is c1ccc(-c2cc(-c3ccccc3)cc(-c3nc(-c4ccccc4)nc(-c4cccc(-c5cccc6c5ccc5c7ccccc7oc65)c4)n3)c2)cc1. The molecule has 2 heterocycles. The highest BCUT2D eigenvalue weighted by Crippen LogP contribution is 2.39. The number of furan rings is 1. The number of nitrogens with zero attached hydrogens (tertiary/aromatic N) is 3. The number of para-hydroxylation sites is 1. The Balaban J connectivity index is 1.14. The van der Waals surface area contributed by atoms with Crippen molar-refractivity contribution in [3.63, 3.8) is 0 Å². The van der Waals surface area contributed by atoms with E-state index in [0.29, 0.717) is 17.5 Å². The molecule has 2 aromatic heterocycles. The van der Waals surface area contributed by atoms with E-state index in [1.54, 1.807) is 0 Å². The van der Waals surface area contributed by atoms with E-state index >= 15 is 0 Å². The molecule has 248 valence electrons. The smallest absolute Gasteiger partial charge is 0.164 e. The summed E-state index contributed by atoms with van der Waals surface area (Å²) in [6.45, 7) is 0. The zero-order valence-electron chi connectivity index (χ0n) is 28.6. The number of hydrogen-bond acceptors (Lipinski definition) is 4. The van der Waals surface area contributed by atoms with Crippen molar-refractivity contribution in [1.29, 1.82) is 0 Å². The van der Waals surface area contributed by atoms with E-state index in [1.807, 2.05) is 54.6 Å². The van der Waals surface area contributed by atoms with Crippen molar-refractivity contribution in [2.24, 2.45) is 0 Å². The van der Waals surface area contributed by atoms with Crippen molar-refractivity contribution in [3.05, 3.63) is 188 Å². The summed E-state index contributed by atoms with van der Waals surface area (Å²) in [6, 6.07) is 65.2. The van der Waals surface area contributed by atoms with Crippen LogP contribution in [0.1, 0.15) is 0 Å². The van der Waals surface area contributed by atoms with Gasteiger partial charge in [-0.25, -0.2) is 15.0 Å². The van der Waals surface area contributed by atoms with Crippen LogP contribution >= 0.6 is 0 Å². The van der Waals surface area contributed by atoms with Gasteiger partial charge in [0.25, 0.3) is 0 Å². The average Bonchev–Trinajstić information content (AvgIpc) is 3.63. The molecule has 0 N–H and O–H groups in total. The van der Waals surface area contributed by atoms with Gasteiger partial charge >= 0.3 is 0 Å². The van der Waals surface area contributed by atoms with Gasteiger partial charge in [-0.05, 0) is 75.2 Å². The molecule has 0 aliphatic heterocycles. The Morgan fingerprint density at radius 3 is 1.43 bits per heavy atom. The van der Waals surface area contributed by atoms with Gasteiger partial charge in [0, 0.05) is 32.8 Å². The molecule has 0 atom stereocenters. The van der Waals surface area contributed by atoms with Crippen LogP contribution in [0.25, 0.3) is 100 Å². The number of benzene rings is 8. The average molecular weight is 678 g/mol. The van der Waals surface area contributed by atoms with Crippen LogP contribution in [-0.2, 0) is 0 Å². The van der Waals surface area contributed by atoms with Gasteiger partial charge in [-0.15, -0.1) is 0 Å². The lowest BCUT2D eigenvalue weighted by molar-refractivity contribution is 0.672. The van der Waals surface area contributed by atoms with Crippen molar-refractivity contribution in [3.8, 4) is 67.5 Å². The number of rotatable bonds is 6. The van der Waals surface area contributed by atoms with Crippen molar-refractivity contribution >= 4 is 32.7 Å². The quantitative estimate of drug-likeness (QED) is 0.176. The Hall–Kier alpha value is -7.17. The summed E-state index contributed by atoms with van der Waals surface area (Å²) in [5, 5.41) is 4.46. The fourth-order valence-electron chi connectivity index (χ4n) is 7.32. The first-order chi connectivity index (χ1) is 26.2. The van der Waals surface area contributed by atoms with Gasteiger partial charge in [0.05, 0.1) is 0 Å². The molecule has 0 spiro atoms. The fourth-order valence-corrected chi connectivity index (χ4v) is 7.32. The van der Waals surface area contributed by atoms with E-state index < -0.39 is 0 Å². The summed E-state index contributed by atoms with van der Waals surface area (Å²) < 4.78 is 6.41. The number of hydrogen-bond donors (Lipinski definition) is 0. The van der Waals surface area contributed by atoms with Gasteiger partial charge in [-0.1, -0.05) is 152 Å². The molecule has 0 radical (unpaired) electrons. The third kappa shape index (κ3) is 5.63. The molecule has 0 saturated heterocycles. The largest absolute Gasteiger partial charge is 0.455 e. The fraction of sp³-hybridized carbons (Fsp3) is 0. The van der Waals surface area contributed by atoms with Crippen molar-refractivity contribution in [1.82, 2.24) is 15.0 Å². The van der Waals surface area contributed by atoms with Gasteiger partial charge in [-0.3, -0.25) is 0 Å². The van der Waals surface area contributed by atoms with E-state index in [0.717, 1.165) is 82.8 Å². The normalized spacial score (nSPS) is 11.4. The molecule has 4 nitrogen and oxygen atoms in total. The van der Waals surface area contributed by atoms with Crippen LogP contribution in [0, 0.1) is 0 Å². The molecule has 4 heteroatoms. The Labute approximate surface area is 306 Å². The molecule has 0 amide bonds.